The van der Waals surface area contributed by atoms with Gasteiger partial charge in [0.15, 0.2) is 5.16 Å². The van der Waals surface area contributed by atoms with Crippen LogP contribution in [0.1, 0.15) is 10.4 Å². The molecule has 0 aliphatic rings. The number of aromatic nitrogens is 4. The van der Waals surface area contributed by atoms with Crippen LogP contribution >= 0.6 is 46.6 Å². The van der Waals surface area contributed by atoms with Gasteiger partial charge < -0.3 is 9.88 Å². The van der Waals surface area contributed by atoms with Gasteiger partial charge in [0.25, 0.3) is 5.91 Å². The predicted molar refractivity (Wildman–Crippen MR) is 98.8 cm³/mol. The van der Waals surface area contributed by atoms with E-state index in [1.807, 2.05) is 7.05 Å². The van der Waals surface area contributed by atoms with Gasteiger partial charge in [0.1, 0.15) is 16.6 Å². The molecule has 0 aliphatic carbocycles. The molecule has 0 saturated carbocycles. The third-order valence-electron chi connectivity index (χ3n) is 3.09. The molecule has 0 unspecified atom stereocenters. The van der Waals surface area contributed by atoms with Crippen molar-refractivity contribution in [3.8, 4) is 0 Å². The average molecular weight is 415 g/mol. The molecule has 2 heterocycles. The lowest BCUT2D eigenvalue weighted by Gasteiger charge is -2.09. The van der Waals surface area contributed by atoms with Crippen molar-refractivity contribution in [1.82, 2.24) is 19.7 Å². The van der Waals surface area contributed by atoms with E-state index in [4.69, 9.17) is 34.8 Å². The molecule has 0 aliphatic heterocycles. The molecule has 1 aromatic carbocycles. The minimum Gasteiger partial charge on any atom is -0.322 e. The lowest BCUT2D eigenvalue weighted by Crippen LogP contribution is -2.12. The van der Waals surface area contributed by atoms with Gasteiger partial charge in [0.2, 0.25) is 0 Å². The van der Waals surface area contributed by atoms with Gasteiger partial charge in [-0.25, -0.2) is 4.98 Å². The summed E-state index contributed by atoms with van der Waals surface area (Å²) < 4.78 is 1.79. The minimum absolute atomic E-state index is 0.145. The van der Waals surface area contributed by atoms with Crippen molar-refractivity contribution in [1.29, 1.82) is 0 Å². The Balaban J connectivity index is 1.76. The van der Waals surface area contributed by atoms with Crippen LogP contribution < -0.4 is 5.32 Å². The Kier molecular flexibility index (Phi) is 5.48. The maximum atomic E-state index is 12.3. The number of nitrogens with zero attached hydrogens (tertiary/aromatic N) is 4. The zero-order valence-corrected chi connectivity index (χ0v) is 15.8. The average Bonchev–Trinajstić information content (AvgIpc) is 2.94. The van der Waals surface area contributed by atoms with Crippen LogP contribution in [0.4, 0.5) is 5.69 Å². The Hall–Kier alpha value is -1.80. The Morgan fingerprint density at radius 3 is 2.48 bits per heavy atom. The normalized spacial score (nSPS) is 10.7. The first-order valence-electron chi connectivity index (χ1n) is 6.88. The van der Waals surface area contributed by atoms with Crippen LogP contribution in [0, 0.1) is 0 Å². The summed E-state index contributed by atoms with van der Waals surface area (Å²) in [6, 6.07) is 8.06. The lowest BCUT2D eigenvalue weighted by molar-refractivity contribution is 0.102. The molecule has 1 amide bonds. The zero-order valence-electron chi connectivity index (χ0n) is 12.7. The number of amides is 1. The second-order valence-corrected chi connectivity index (χ2v) is 7.12. The molecular formula is C15H10Cl3N5OS. The number of nitrogens with one attached hydrogen (secondary N) is 1. The van der Waals surface area contributed by atoms with Crippen molar-refractivity contribution in [2.24, 2.45) is 7.05 Å². The highest BCUT2D eigenvalue weighted by Crippen LogP contribution is 2.33. The summed E-state index contributed by atoms with van der Waals surface area (Å²) in [5.74, 6) is -0.365. The van der Waals surface area contributed by atoms with Gasteiger partial charge in [-0.1, -0.05) is 34.8 Å². The molecule has 3 rings (SSSR count). The van der Waals surface area contributed by atoms with Crippen molar-refractivity contribution in [3.05, 3.63) is 57.6 Å². The van der Waals surface area contributed by atoms with Gasteiger partial charge in [-0.05, 0) is 42.1 Å². The van der Waals surface area contributed by atoms with Crippen LogP contribution in [0.15, 0.2) is 46.7 Å². The van der Waals surface area contributed by atoms with Crippen molar-refractivity contribution in [2.75, 3.05) is 5.32 Å². The Labute approximate surface area is 162 Å². The van der Waals surface area contributed by atoms with E-state index in [0.717, 1.165) is 4.90 Å². The van der Waals surface area contributed by atoms with E-state index in [0.29, 0.717) is 21.4 Å². The second kappa shape index (κ2) is 7.61. The van der Waals surface area contributed by atoms with Crippen LogP contribution in [0.25, 0.3) is 0 Å². The highest BCUT2D eigenvalue weighted by atomic mass is 35.5. The maximum Gasteiger partial charge on any atom is 0.255 e. The van der Waals surface area contributed by atoms with Crippen LogP contribution in [-0.4, -0.2) is 25.7 Å². The molecule has 2 aromatic heterocycles. The first-order chi connectivity index (χ1) is 11.9. The van der Waals surface area contributed by atoms with E-state index >= 15 is 0 Å². The first-order valence-corrected chi connectivity index (χ1v) is 8.83. The first kappa shape index (κ1) is 18.0. The summed E-state index contributed by atoms with van der Waals surface area (Å²) in [5.41, 5.74) is 0.847. The molecule has 6 nitrogen and oxygen atoms in total. The van der Waals surface area contributed by atoms with Gasteiger partial charge in [-0.15, -0.1) is 10.2 Å². The van der Waals surface area contributed by atoms with Gasteiger partial charge in [-0.2, -0.15) is 0 Å². The molecule has 3 aromatic rings. The molecule has 0 bridgehead atoms. The highest BCUT2D eigenvalue weighted by Gasteiger charge is 2.12. The van der Waals surface area contributed by atoms with Crippen LogP contribution in [0.2, 0.25) is 15.3 Å². The number of carbonyl (C=O) groups excluding carboxylic acids is 1. The SMILES string of the molecule is Cn1cnnc1Sc1ccc(NC(=O)c2cc(Cl)nc(Cl)c2)cc1Cl. The Morgan fingerprint density at radius 2 is 1.88 bits per heavy atom. The van der Waals surface area contributed by atoms with E-state index in [9.17, 15) is 4.79 Å². The number of hydrogen-bond donors (Lipinski definition) is 1. The van der Waals surface area contributed by atoms with Crippen LogP contribution in [-0.2, 0) is 7.05 Å². The highest BCUT2D eigenvalue weighted by molar-refractivity contribution is 7.99. The topological polar surface area (TPSA) is 72.7 Å². The summed E-state index contributed by atoms with van der Waals surface area (Å²) in [5, 5.41) is 12.0. The molecule has 10 heteroatoms. The van der Waals surface area contributed by atoms with E-state index in [1.165, 1.54) is 23.9 Å². The maximum absolute atomic E-state index is 12.3. The molecule has 128 valence electrons. The standard InChI is InChI=1S/C15H10Cl3N5OS/c1-23-7-19-22-15(23)25-11-3-2-9(6-10(11)16)20-14(24)8-4-12(17)21-13(18)5-8/h2-7H,1H3,(H,20,24). The quantitative estimate of drug-likeness (QED) is 0.633. The number of benzene rings is 1. The molecule has 0 fully saturated rings. The predicted octanol–water partition coefficient (Wildman–Crippen LogP) is 4.57. The molecule has 0 atom stereocenters. The summed E-state index contributed by atoms with van der Waals surface area (Å²) >= 11 is 19.3. The van der Waals surface area contributed by atoms with E-state index in [-0.39, 0.29) is 16.2 Å². The molecule has 0 saturated heterocycles. The molecule has 0 radical (unpaired) electrons. The van der Waals surface area contributed by atoms with E-state index in [2.05, 4.69) is 20.5 Å². The summed E-state index contributed by atoms with van der Waals surface area (Å²) in [6.07, 6.45) is 1.61. The third kappa shape index (κ3) is 4.43. The number of hydrogen-bond acceptors (Lipinski definition) is 5. The number of aryl methyl sites for hydroxylation is 1. The van der Waals surface area contributed by atoms with E-state index in [1.54, 1.807) is 29.1 Å². The number of halogens is 3. The largest absolute Gasteiger partial charge is 0.322 e. The van der Waals surface area contributed by atoms with Crippen LogP contribution in [0.5, 0.6) is 0 Å². The van der Waals surface area contributed by atoms with E-state index < -0.39 is 0 Å². The van der Waals surface area contributed by atoms with Crippen molar-refractivity contribution in [3.63, 3.8) is 0 Å². The number of anilines is 1. The minimum atomic E-state index is -0.365. The Bertz CT molecular complexity index is 926. The number of carbonyl (C=O) groups is 1. The number of rotatable bonds is 4. The lowest BCUT2D eigenvalue weighted by atomic mass is 10.2. The summed E-state index contributed by atoms with van der Waals surface area (Å²) in [4.78, 5) is 16.9. The third-order valence-corrected chi connectivity index (χ3v) is 5.03. The van der Waals surface area contributed by atoms with Crippen molar-refractivity contribution < 1.29 is 4.79 Å². The molecule has 1 N–H and O–H groups in total. The van der Waals surface area contributed by atoms with Gasteiger partial charge >= 0.3 is 0 Å². The fourth-order valence-electron chi connectivity index (χ4n) is 1.92. The Morgan fingerprint density at radius 1 is 1.16 bits per heavy atom. The summed E-state index contributed by atoms with van der Waals surface area (Å²) in [7, 11) is 1.84. The monoisotopic (exact) mass is 413 g/mol. The van der Waals surface area contributed by atoms with Crippen molar-refractivity contribution >= 4 is 58.2 Å². The summed E-state index contributed by atoms with van der Waals surface area (Å²) in [6.45, 7) is 0. The second-order valence-electron chi connectivity index (χ2n) is 4.93. The van der Waals surface area contributed by atoms with Gasteiger partial charge in [0, 0.05) is 23.2 Å². The molecular weight excluding hydrogens is 405 g/mol. The molecule has 0 spiro atoms. The molecule has 25 heavy (non-hydrogen) atoms. The fourth-order valence-corrected chi connectivity index (χ4v) is 3.45. The van der Waals surface area contributed by atoms with Gasteiger partial charge in [-0.3, -0.25) is 4.79 Å². The fraction of sp³-hybridized carbons (Fsp3) is 0.0667. The van der Waals surface area contributed by atoms with Gasteiger partial charge in [0.05, 0.1) is 5.02 Å². The smallest absolute Gasteiger partial charge is 0.255 e. The zero-order chi connectivity index (χ0) is 18.0. The van der Waals surface area contributed by atoms with Crippen molar-refractivity contribution in [2.45, 2.75) is 10.1 Å². The number of pyridine rings is 1. The van der Waals surface area contributed by atoms with Crippen LogP contribution in [0.3, 0.4) is 0 Å².